The molecule has 0 amide bonds. The summed E-state index contributed by atoms with van der Waals surface area (Å²) in [5, 5.41) is 0. The van der Waals surface area contributed by atoms with Gasteiger partial charge >= 0.3 is 53.0 Å². The van der Waals surface area contributed by atoms with Crippen molar-refractivity contribution in [3.05, 3.63) is 0 Å². The van der Waals surface area contributed by atoms with Gasteiger partial charge in [0, 0.05) is 0 Å². The van der Waals surface area contributed by atoms with E-state index in [1.54, 1.807) is 0 Å². The smallest absolute Gasteiger partial charge is 2.00 e. The molecule has 0 bridgehead atoms. The van der Waals surface area contributed by atoms with Crippen molar-refractivity contribution in [3.8, 4) is 0 Å². The van der Waals surface area contributed by atoms with Crippen LogP contribution in [0.1, 0.15) is 0 Å². The Morgan fingerprint density at radius 3 is 1.00 bits per heavy atom. The quantitative estimate of drug-likeness (QED) is 0.313. The largest absolute Gasteiger partial charge is 2.00 e. The molecule has 1 nitrogen and oxygen atoms in total. The fraction of sp³-hybridized carbons (Fsp3) is 0. The van der Waals surface area contributed by atoms with Crippen molar-refractivity contribution in [1.29, 1.82) is 0 Å². The minimum atomic E-state index is 0. The monoisotopic (exact) mass is 134 g/mol. The summed E-state index contributed by atoms with van der Waals surface area (Å²) in [6, 6.07) is 0. The van der Waals surface area contributed by atoms with E-state index in [1.165, 1.54) is 0 Å². The normalized spacial score (nSPS) is 0. The zero-order valence-corrected chi connectivity index (χ0v) is 4.42. The summed E-state index contributed by atoms with van der Waals surface area (Å²) in [6.45, 7) is 0. The van der Waals surface area contributed by atoms with Crippen LogP contribution in [0.3, 0.4) is 0 Å². The molecular formula is FeLiMnO+3. The van der Waals surface area contributed by atoms with Gasteiger partial charge in [-0.1, -0.05) is 0 Å². The van der Waals surface area contributed by atoms with Crippen LogP contribution >= 0.6 is 0 Å². The van der Waals surface area contributed by atoms with Crippen LogP contribution < -0.4 is 18.9 Å². The molecule has 0 saturated carbocycles. The molecule has 0 aromatic rings. The van der Waals surface area contributed by atoms with E-state index in [2.05, 4.69) is 0 Å². The van der Waals surface area contributed by atoms with Crippen LogP contribution in [0.5, 0.6) is 0 Å². The number of hydrogen-bond acceptors (Lipinski definition) is 0. The maximum atomic E-state index is 0. The molecule has 0 aliphatic carbocycles. The summed E-state index contributed by atoms with van der Waals surface area (Å²) in [5.74, 6) is 0. The summed E-state index contributed by atoms with van der Waals surface area (Å²) in [6.07, 6.45) is 0. The van der Waals surface area contributed by atoms with Crippen molar-refractivity contribution in [1.82, 2.24) is 0 Å². The Kier molecular flexibility index (Phi) is 271. The second kappa shape index (κ2) is 23.3. The van der Waals surface area contributed by atoms with Gasteiger partial charge in [0.25, 0.3) is 0 Å². The first-order valence-electron chi connectivity index (χ1n) is 0. The summed E-state index contributed by atoms with van der Waals surface area (Å²) >= 11 is 0. The SMILES string of the molecule is [Fe+2].[Li+].[Mn+2].[O-2]. The van der Waals surface area contributed by atoms with Crippen molar-refractivity contribution in [2.75, 3.05) is 0 Å². The Balaban J connectivity index is 0. The van der Waals surface area contributed by atoms with E-state index in [1.807, 2.05) is 0 Å². The van der Waals surface area contributed by atoms with Crippen LogP contribution in [0.4, 0.5) is 0 Å². The van der Waals surface area contributed by atoms with Gasteiger partial charge < -0.3 is 5.48 Å². The zero-order valence-electron chi connectivity index (χ0n) is 2.14. The topological polar surface area (TPSA) is 28.5 Å². The van der Waals surface area contributed by atoms with Crippen molar-refractivity contribution in [3.63, 3.8) is 0 Å². The van der Waals surface area contributed by atoms with Gasteiger partial charge in [-0.05, 0) is 0 Å². The van der Waals surface area contributed by atoms with Gasteiger partial charge in [-0.25, -0.2) is 0 Å². The maximum absolute atomic E-state index is 0. The fourth-order valence-corrected chi connectivity index (χ4v) is 0. The Bertz CT molecular complexity index is 8.00. The molecule has 1 radical (unpaired) electrons. The average Bonchev–Trinajstić information content (AvgIpc) is 0. The van der Waals surface area contributed by atoms with Crippen LogP contribution in [0.15, 0.2) is 0 Å². The average molecular weight is 134 g/mol. The molecule has 0 rings (SSSR count). The summed E-state index contributed by atoms with van der Waals surface area (Å²) in [5.41, 5.74) is 0. The second-order valence-electron chi connectivity index (χ2n) is 0. The molecule has 4 heavy (non-hydrogen) atoms. The van der Waals surface area contributed by atoms with Crippen molar-refractivity contribution >= 4 is 0 Å². The predicted molar refractivity (Wildman–Crippen MR) is 0.686 cm³/mol. The second-order valence-corrected chi connectivity index (χ2v) is 0. The molecule has 0 unspecified atom stereocenters. The predicted octanol–water partition coefficient (Wildman–Crippen LogP) is -3.12. The van der Waals surface area contributed by atoms with E-state index in [0.29, 0.717) is 0 Å². The number of hydrogen-bond donors (Lipinski definition) is 0. The molecule has 0 heterocycles. The molecule has 0 spiro atoms. The van der Waals surface area contributed by atoms with Crippen LogP contribution in [-0.2, 0) is 39.6 Å². The Morgan fingerprint density at radius 1 is 1.00 bits per heavy atom. The van der Waals surface area contributed by atoms with Crippen LogP contribution in [0.25, 0.3) is 0 Å². The molecule has 0 fully saturated rings. The Morgan fingerprint density at radius 2 is 1.00 bits per heavy atom. The molecule has 4 heteroatoms. The molecule has 0 N–H and O–H groups in total. The first-order valence-corrected chi connectivity index (χ1v) is 0. The van der Waals surface area contributed by atoms with Crippen LogP contribution in [0.2, 0.25) is 0 Å². The molecule has 0 saturated heterocycles. The molecule has 0 atom stereocenters. The van der Waals surface area contributed by atoms with E-state index in [9.17, 15) is 0 Å². The fourth-order valence-electron chi connectivity index (χ4n) is 0. The van der Waals surface area contributed by atoms with E-state index in [0.717, 1.165) is 0 Å². The minimum Gasteiger partial charge on any atom is -2.00 e. The maximum Gasteiger partial charge on any atom is 2.00 e. The summed E-state index contributed by atoms with van der Waals surface area (Å²) < 4.78 is 0. The van der Waals surface area contributed by atoms with Gasteiger partial charge in [0.2, 0.25) is 0 Å². The zero-order chi connectivity index (χ0) is 0. The Labute approximate surface area is 58.3 Å². The molecule has 0 aromatic heterocycles. The molecule has 19 valence electrons. The summed E-state index contributed by atoms with van der Waals surface area (Å²) in [4.78, 5) is 0. The molecule has 0 aliphatic rings. The van der Waals surface area contributed by atoms with Crippen LogP contribution in [-0.4, -0.2) is 0 Å². The molecule has 0 aromatic carbocycles. The van der Waals surface area contributed by atoms with Gasteiger partial charge in [-0.3, -0.25) is 0 Å². The van der Waals surface area contributed by atoms with Gasteiger partial charge in [0.15, 0.2) is 0 Å². The first-order chi connectivity index (χ1) is 0. The first kappa shape index (κ1) is 46.4. The van der Waals surface area contributed by atoms with Crippen LogP contribution in [0, 0.1) is 0 Å². The van der Waals surface area contributed by atoms with E-state index in [4.69, 9.17) is 0 Å². The van der Waals surface area contributed by atoms with E-state index in [-0.39, 0.29) is 58.5 Å². The van der Waals surface area contributed by atoms with Gasteiger partial charge in [-0.2, -0.15) is 0 Å². The van der Waals surface area contributed by atoms with E-state index >= 15 is 0 Å². The van der Waals surface area contributed by atoms with Crippen molar-refractivity contribution < 1.29 is 58.5 Å². The minimum absolute atomic E-state index is 0. The standard InChI is InChI=1S/Fe.Li.Mn.O/q+2;+1;+2;-2. The van der Waals surface area contributed by atoms with Gasteiger partial charge in [-0.15, -0.1) is 0 Å². The van der Waals surface area contributed by atoms with E-state index < -0.39 is 0 Å². The Hall–Kier alpha value is 1.60. The number of rotatable bonds is 0. The van der Waals surface area contributed by atoms with Crippen molar-refractivity contribution in [2.45, 2.75) is 0 Å². The van der Waals surface area contributed by atoms with Gasteiger partial charge in [0.1, 0.15) is 0 Å². The van der Waals surface area contributed by atoms with Gasteiger partial charge in [0.05, 0.1) is 0 Å². The third kappa shape index (κ3) is 9.51. The third-order valence-electron chi connectivity index (χ3n) is 0. The molecule has 0 aliphatic heterocycles. The third-order valence-corrected chi connectivity index (χ3v) is 0. The molecular weight excluding hydrogens is 134 g/mol. The summed E-state index contributed by atoms with van der Waals surface area (Å²) in [7, 11) is 0. The van der Waals surface area contributed by atoms with Crippen molar-refractivity contribution in [2.24, 2.45) is 0 Å².